The monoisotopic (exact) mass is 423 g/mol. The van der Waals surface area contributed by atoms with Crippen LogP contribution >= 0.6 is 15.9 Å². The van der Waals surface area contributed by atoms with Gasteiger partial charge in [-0.1, -0.05) is 15.9 Å². The molecule has 4 heterocycles. The quantitative estimate of drug-likeness (QED) is 0.436. The van der Waals surface area contributed by atoms with Gasteiger partial charge in [0.05, 0.1) is 35.6 Å². The first-order chi connectivity index (χ1) is 13.0. The zero-order valence-corrected chi connectivity index (χ0v) is 16.9. The summed E-state index contributed by atoms with van der Waals surface area (Å²) in [5.74, 6) is 1.62. The number of rotatable bonds is 2. The van der Waals surface area contributed by atoms with Crippen molar-refractivity contribution in [2.75, 3.05) is 0 Å². The molecule has 0 saturated heterocycles. The summed E-state index contributed by atoms with van der Waals surface area (Å²) in [7, 11) is 0. The minimum Gasteiger partial charge on any atom is -0.300 e. The number of benzene rings is 1. The first-order valence-corrected chi connectivity index (χ1v) is 9.57. The van der Waals surface area contributed by atoms with Crippen LogP contribution in [0.5, 0.6) is 0 Å². The molecular weight excluding hydrogens is 406 g/mol. The van der Waals surface area contributed by atoms with E-state index >= 15 is 0 Å². The third-order valence-electron chi connectivity index (χ3n) is 4.94. The molecule has 0 unspecified atom stereocenters. The van der Waals surface area contributed by atoms with E-state index < -0.39 is 0 Å². The van der Waals surface area contributed by atoms with Crippen molar-refractivity contribution in [2.24, 2.45) is 0 Å². The van der Waals surface area contributed by atoms with Crippen LogP contribution in [0.3, 0.4) is 0 Å². The highest BCUT2D eigenvalue weighted by atomic mass is 79.9. The molecule has 1 aliphatic rings. The fourth-order valence-electron chi connectivity index (χ4n) is 3.63. The number of fused-ring (bicyclic) bond motifs is 5. The van der Waals surface area contributed by atoms with E-state index in [9.17, 15) is 0 Å². The molecule has 0 amide bonds. The molecule has 27 heavy (non-hydrogen) atoms. The van der Waals surface area contributed by atoms with E-state index in [4.69, 9.17) is 10.1 Å². The van der Waals surface area contributed by atoms with E-state index in [1.165, 1.54) is 0 Å². The lowest BCUT2D eigenvalue weighted by Crippen LogP contribution is -2.08. The Morgan fingerprint density at radius 3 is 2.74 bits per heavy atom. The van der Waals surface area contributed by atoms with Crippen molar-refractivity contribution in [1.29, 1.82) is 0 Å². The molecule has 5 rings (SSSR count). The molecule has 136 valence electrons. The van der Waals surface area contributed by atoms with E-state index in [2.05, 4.69) is 55.7 Å². The van der Waals surface area contributed by atoms with Gasteiger partial charge in [0, 0.05) is 15.7 Å². The van der Waals surface area contributed by atoms with Gasteiger partial charge >= 0.3 is 0 Å². The molecule has 0 saturated carbocycles. The van der Waals surface area contributed by atoms with Crippen molar-refractivity contribution in [3.05, 3.63) is 63.7 Å². The van der Waals surface area contributed by atoms with Crippen molar-refractivity contribution in [3.63, 3.8) is 0 Å². The van der Waals surface area contributed by atoms with E-state index in [0.717, 1.165) is 50.1 Å². The minimum atomic E-state index is 0.557. The van der Waals surface area contributed by atoms with Crippen molar-refractivity contribution in [3.8, 4) is 17.1 Å². The molecule has 3 aromatic heterocycles. The van der Waals surface area contributed by atoms with Crippen LogP contribution in [0.15, 0.2) is 35.1 Å². The van der Waals surface area contributed by atoms with Gasteiger partial charge in [-0.05, 0) is 45.0 Å². The number of halogens is 1. The Balaban J connectivity index is 1.66. The molecular formula is C19H18BrN7. The molecule has 0 aliphatic carbocycles. The summed E-state index contributed by atoms with van der Waals surface area (Å²) >= 11 is 3.59. The maximum Gasteiger partial charge on any atom is 0.172 e. The predicted octanol–water partition coefficient (Wildman–Crippen LogP) is 3.43. The smallest absolute Gasteiger partial charge is 0.172 e. The molecule has 7 nitrogen and oxygen atoms in total. The standard InChI is InChI=1S/C19H18BrN7/c1-11-6-12(2)26(23-11)9-18-22-19-15-7-14(20)4-5-16(15)25-10-21-13(3)17(25)8-27(19)24-18/h4-7,10H,8-9H2,1-3H3. The van der Waals surface area contributed by atoms with Crippen LogP contribution in [0.4, 0.5) is 0 Å². The second-order valence-corrected chi connectivity index (χ2v) is 7.82. The molecule has 0 atom stereocenters. The lowest BCUT2D eigenvalue weighted by atomic mass is 10.1. The summed E-state index contributed by atoms with van der Waals surface area (Å²) in [6.07, 6.45) is 1.88. The van der Waals surface area contributed by atoms with Crippen molar-refractivity contribution < 1.29 is 0 Å². The van der Waals surface area contributed by atoms with Gasteiger partial charge in [-0.3, -0.25) is 4.68 Å². The van der Waals surface area contributed by atoms with Crippen LogP contribution in [0.1, 0.15) is 28.6 Å². The molecule has 1 aromatic carbocycles. The summed E-state index contributed by atoms with van der Waals surface area (Å²) in [4.78, 5) is 9.37. The van der Waals surface area contributed by atoms with Gasteiger partial charge in [0.25, 0.3) is 0 Å². The highest BCUT2D eigenvalue weighted by Gasteiger charge is 2.24. The zero-order valence-electron chi connectivity index (χ0n) is 15.3. The average molecular weight is 424 g/mol. The largest absolute Gasteiger partial charge is 0.300 e. The maximum absolute atomic E-state index is 4.87. The van der Waals surface area contributed by atoms with Gasteiger partial charge in [0.1, 0.15) is 6.54 Å². The van der Waals surface area contributed by atoms with Crippen LogP contribution in [0, 0.1) is 20.8 Å². The SMILES string of the molecule is Cc1cc(C)n(Cc2nc3n(n2)Cc2c(C)ncn2-c2ccc(Br)cc2-3)n1. The molecule has 0 fully saturated rings. The normalized spacial score (nSPS) is 12.4. The van der Waals surface area contributed by atoms with Crippen molar-refractivity contribution in [2.45, 2.75) is 33.9 Å². The van der Waals surface area contributed by atoms with E-state index in [0.29, 0.717) is 13.1 Å². The Kier molecular flexibility index (Phi) is 3.58. The number of imidazole rings is 1. The fraction of sp³-hybridized carbons (Fsp3) is 0.263. The lowest BCUT2D eigenvalue weighted by molar-refractivity contribution is 0.608. The summed E-state index contributed by atoms with van der Waals surface area (Å²) in [6, 6.07) is 8.29. The maximum atomic E-state index is 4.87. The second kappa shape index (κ2) is 5.88. The van der Waals surface area contributed by atoms with Gasteiger partial charge < -0.3 is 4.57 Å². The Hall–Kier alpha value is -2.74. The highest BCUT2D eigenvalue weighted by molar-refractivity contribution is 9.10. The molecule has 0 spiro atoms. The number of aryl methyl sites for hydroxylation is 3. The van der Waals surface area contributed by atoms with Crippen LogP contribution < -0.4 is 0 Å². The average Bonchev–Trinajstić information content (AvgIpc) is 3.25. The van der Waals surface area contributed by atoms with Crippen LogP contribution in [0.25, 0.3) is 17.1 Å². The lowest BCUT2D eigenvalue weighted by Gasteiger charge is -2.08. The predicted molar refractivity (Wildman–Crippen MR) is 105 cm³/mol. The summed E-state index contributed by atoms with van der Waals surface area (Å²) in [5, 5.41) is 9.33. The minimum absolute atomic E-state index is 0.557. The van der Waals surface area contributed by atoms with Gasteiger partial charge in [0.15, 0.2) is 11.6 Å². The van der Waals surface area contributed by atoms with Gasteiger partial charge in [-0.25, -0.2) is 14.6 Å². The number of hydrogen-bond donors (Lipinski definition) is 0. The Morgan fingerprint density at radius 2 is 1.96 bits per heavy atom. The Morgan fingerprint density at radius 1 is 1.11 bits per heavy atom. The van der Waals surface area contributed by atoms with Gasteiger partial charge in [0.2, 0.25) is 0 Å². The molecule has 4 aromatic rings. The van der Waals surface area contributed by atoms with E-state index in [1.807, 2.05) is 35.6 Å². The van der Waals surface area contributed by atoms with Gasteiger partial charge in [-0.2, -0.15) is 10.2 Å². The first kappa shape index (κ1) is 16.4. The first-order valence-electron chi connectivity index (χ1n) is 8.77. The van der Waals surface area contributed by atoms with Crippen molar-refractivity contribution in [1.82, 2.24) is 34.1 Å². The Bertz CT molecular complexity index is 1180. The third-order valence-corrected chi connectivity index (χ3v) is 5.44. The second-order valence-electron chi connectivity index (χ2n) is 6.90. The molecule has 0 bridgehead atoms. The third kappa shape index (κ3) is 2.63. The zero-order chi connectivity index (χ0) is 18.7. The molecule has 0 radical (unpaired) electrons. The summed E-state index contributed by atoms with van der Waals surface area (Å²) in [5.41, 5.74) is 6.34. The molecule has 1 aliphatic heterocycles. The summed E-state index contributed by atoms with van der Waals surface area (Å²) in [6.45, 7) is 7.27. The van der Waals surface area contributed by atoms with Gasteiger partial charge in [-0.15, -0.1) is 0 Å². The number of hydrogen-bond acceptors (Lipinski definition) is 4. The van der Waals surface area contributed by atoms with E-state index in [1.54, 1.807) is 0 Å². The van der Waals surface area contributed by atoms with Crippen LogP contribution in [-0.4, -0.2) is 34.1 Å². The highest BCUT2D eigenvalue weighted by Crippen LogP contribution is 2.33. The number of aromatic nitrogens is 7. The summed E-state index contributed by atoms with van der Waals surface area (Å²) < 4.78 is 7.06. The topological polar surface area (TPSA) is 66.3 Å². The number of nitrogens with zero attached hydrogens (tertiary/aromatic N) is 7. The van der Waals surface area contributed by atoms with Crippen LogP contribution in [0.2, 0.25) is 0 Å². The van der Waals surface area contributed by atoms with Crippen molar-refractivity contribution >= 4 is 15.9 Å². The molecule has 0 N–H and O–H groups in total. The fourth-order valence-corrected chi connectivity index (χ4v) is 4.00. The Labute approximate surface area is 164 Å². The van der Waals surface area contributed by atoms with Crippen LogP contribution in [-0.2, 0) is 13.1 Å². The molecule has 8 heteroatoms. The van der Waals surface area contributed by atoms with E-state index in [-0.39, 0.29) is 0 Å².